The lowest BCUT2D eigenvalue weighted by molar-refractivity contribution is 0.279. The van der Waals surface area contributed by atoms with E-state index in [1.807, 2.05) is 6.07 Å². The Morgan fingerprint density at radius 1 is 1.15 bits per heavy atom. The van der Waals surface area contributed by atoms with Crippen LogP contribution in [0.3, 0.4) is 0 Å². The Bertz CT molecular complexity index is 710. The van der Waals surface area contributed by atoms with Gasteiger partial charge in [0.1, 0.15) is 0 Å². The minimum atomic E-state index is -3.18. The van der Waals surface area contributed by atoms with Gasteiger partial charge < -0.3 is 5.11 Å². The largest absolute Gasteiger partial charge is 0.392 e. The first kappa shape index (κ1) is 15.4. The summed E-state index contributed by atoms with van der Waals surface area (Å²) < 4.78 is 22.8. The minimum absolute atomic E-state index is 0.0929. The van der Waals surface area contributed by atoms with E-state index < -0.39 is 9.84 Å². The zero-order valence-electron chi connectivity index (χ0n) is 10.7. The highest BCUT2D eigenvalue weighted by Crippen LogP contribution is 2.32. The van der Waals surface area contributed by atoms with Gasteiger partial charge in [0.15, 0.2) is 9.84 Å². The first-order chi connectivity index (χ1) is 9.40. The van der Waals surface area contributed by atoms with Gasteiger partial charge in [-0.15, -0.1) is 0 Å². The Hall–Kier alpha value is -1.01. The zero-order chi connectivity index (χ0) is 14.8. The van der Waals surface area contributed by atoms with Crippen LogP contribution < -0.4 is 0 Å². The number of hydrogen-bond acceptors (Lipinski definition) is 4. The molecule has 2 aromatic rings. The second-order valence-electron chi connectivity index (χ2n) is 4.26. The van der Waals surface area contributed by atoms with E-state index >= 15 is 0 Å². The molecule has 6 heteroatoms. The topological polar surface area (TPSA) is 54.4 Å². The molecule has 106 valence electrons. The average Bonchev–Trinajstić information content (AvgIpc) is 2.40. The zero-order valence-corrected chi connectivity index (χ0v) is 13.1. The maximum absolute atomic E-state index is 11.4. The van der Waals surface area contributed by atoms with E-state index in [0.717, 1.165) is 15.4 Å². The van der Waals surface area contributed by atoms with Crippen molar-refractivity contribution in [2.45, 2.75) is 21.3 Å². The van der Waals surface area contributed by atoms with Crippen molar-refractivity contribution < 1.29 is 13.5 Å². The van der Waals surface area contributed by atoms with Crippen LogP contribution in [0.15, 0.2) is 57.2 Å². The molecule has 0 saturated heterocycles. The fourth-order valence-electron chi connectivity index (χ4n) is 1.65. The lowest BCUT2D eigenvalue weighted by Crippen LogP contribution is -1.96. The Balaban J connectivity index is 2.27. The van der Waals surface area contributed by atoms with Gasteiger partial charge in [-0.25, -0.2) is 8.42 Å². The summed E-state index contributed by atoms with van der Waals surface area (Å²) in [6.45, 7) is -0.0929. The molecular weight excluding hydrogens is 316 g/mol. The monoisotopic (exact) mass is 328 g/mol. The Kier molecular flexibility index (Phi) is 4.75. The van der Waals surface area contributed by atoms with Gasteiger partial charge in [-0.3, -0.25) is 0 Å². The molecule has 3 nitrogen and oxygen atoms in total. The van der Waals surface area contributed by atoms with Crippen LogP contribution in [-0.2, 0) is 16.4 Å². The lowest BCUT2D eigenvalue weighted by Gasteiger charge is -2.08. The van der Waals surface area contributed by atoms with Crippen molar-refractivity contribution >= 4 is 33.2 Å². The number of rotatable bonds is 4. The first-order valence-corrected chi connectivity index (χ1v) is 8.86. The summed E-state index contributed by atoms with van der Waals surface area (Å²) in [5, 5.41) is 9.90. The summed E-state index contributed by atoms with van der Waals surface area (Å²) in [5.74, 6) is 0. The molecule has 0 unspecified atom stereocenters. The normalized spacial score (nSPS) is 11.6. The molecule has 0 radical (unpaired) electrons. The summed E-state index contributed by atoms with van der Waals surface area (Å²) in [6.07, 6.45) is 1.18. The molecule has 2 rings (SSSR count). The van der Waals surface area contributed by atoms with E-state index in [2.05, 4.69) is 0 Å². The molecule has 0 aliphatic heterocycles. The Morgan fingerprint density at radius 2 is 1.80 bits per heavy atom. The lowest BCUT2D eigenvalue weighted by atomic mass is 10.2. The molecule has 1 N–H and O–H groups in total. The average molecular weight is 329 g/mol. The van der Waals surface area contributed by atoms with Crippen molar-refractivity contribution in [3.63, 3.8) is 0 Å². The van der Waals surface area contributed by atoms with E-state index in [1.54, 1.807) is 36.4 Å². The van der Waals surface area contributed by atoms with Crippen LogP contribution in [-0.4, -0.2) is 19.8 Å². The number of benzene rings is 2. The smallest absolute Gasteiger partial charge is 0.175 e. The van der Waals surface area contributed by atoms with Gasteiger partial charge in [-0.05, 0) is 48.0 Å². The van der Waals surface area contributed by atoms with Crippen molar-refractivity contribution in [3.05, 3.63) is 53.1 Å². The van der Waals surface area contributed by atoms with Gasteiger partial charge >= 0.3 is 0 Å². The number of hydrogen-bond donors (Lipinski definition) is 1. The molecule has 0 aliphatic rings. The van der Waals surface area contributed by atoms with Crippen LogP contribution in [0.25, 0.3) is 0 Å². The maximum Gasteiger partial charge on any atom is 0.175 e. The van der Waals surface area contributed by atoms with Crippen molar-refractivity contribution in [3.8, 4) is 0 Å². The SMILES string of the molecule is CS(=O)(=O)c1ccc(Sc2ccc(Cl)cc2CO)cc1. The molecule has 0 aliphatic carbocycles. The summed E-state index contributed by atoms with van der Waals surface area (Å²) in [5.41, 5.74) is 0.745. The van der Waals surface area contributed by atoms with Crippen molar-refractivity contribution in [1.29, 1.82) is 0 Å². The van der Waals surface area contributed by atoms with Gasteiger partial charge in [-0.1, -0.05) is 23.4 Å². The summed E-state index contributed by atoms with van der Waals surface area (Å²) in [7, 11) is -3.18. The molecule has 0 fully saturated rings. The van der Waals surface area contributed by atoms with Gasteiger partial charge in [0.2, 0.25) is 0 Å². The van der Waals surface area contributed by atoms with Crippen molar-refractivity contribution in [2.24, 2.45) is 0 Å². The molecule has 0 saturated carbocycles. The van der Waals surface area contributed by atoms with Gasteiger partial charge in [0, 0.05) is 21.1 Å². The summed E-state index contributed by atoms with van der Waals surface area (Å²) in [6, 6.07) is 12.0. The standard InChI is InChI=1S/C14H13ClO3S2/c1-20(17,18)13-5-3-12(4-6-13)19-14-7-2-11(15)8-10(14)9-16/h2-8,16H,9H2,1H3. The maximum atomic E-state index is 11.4. The summed E-state index contributed by atoms with van der Waals surface area (Å²) >= 11 is 7.34. The number of aliphatic hydroxyl groups excluding tert-OH is 1. The van der Waals surface area contributed by atoms with Gasteiger partial charge in [0.05, 0.1) is 11.5 Å². The van der Waals surface area contributed by atoms with Crippen LogP contribution in [0.4, 0.5) is 0 Å². The van der Waals surface area contributed by atoms with Crippen LogP contribution in [0.5, 0.6) is 0 Å². The van der Waals surface area contributed by atoms with Crippen LogP contribution in [0.1, 0.15) is 5.56 Å². The van der Waals surface area contributed by atoms with Crippen LogP contribution >= 0.6 is 23.4 Å². The van der Waals surface area contributed by atoms with E-state index in [-0.39, 0.29) is 6.61 Å². The second kappa shape index (κ2) is 6.18. The quantitative estimate of drug-likeness (QED) is 0.934. The highest BCUT2D eigenvalue weighted by Gasteiger charge is 2.08. The van der Waals surface area contributed by atoms with E-state index in [9.17, 15) is 13.5 Å². The predicted octanol–water partition coefficient (Wildman–Crippen LogP) is 3.39. The van der Waals surface area contributed by atoms with E-state index in [4.69, 9.17) is 11.6 Å². The third-order valence-corrected chi connectivity index (χ3v) is 5.16. The fraction of sp³-hybridized carbons (Fsp3) is 0.143. The molecular formula is C14H13ClO3S2. The molecule has 2 aromatic carbocycles. The van der Waals surface area contributed by atoms with Gasteiger partial charge in [-0.2, -0.15) is 0 Å². The minimum Gasteiger partial charge on any atom is -0.392 e. The van der Waals surface area contributed by atoms with Gasteiger partial charge in [0.25, 0.3) is 0 Å². The Morgan fingerprint density at radius 3 is 2.35 bits per heavy atom. The Labute approximate surface area is 127 Å². The molecule has 0 amide bonds. The molecule has 0 spiro atoms. The van der Waals surface area contributed by atoms with E-state index in [0.29, 0.717) is 9.92 Å². The molecule has 0 aromatic heterocycles. The third kappa shape index (κ3) is 3.76. The highest BCUT2D eigenvalue weighted by atomic mass is 35.5. The predicted molar refractivity (Wildman–Crippen MR) is 81.0 cm³/mol. The number of sulfone groups is 1. The molecule has 20 heavy (non-hydrogen) atoms. The molecule has 0 atom stereocenters. The highest BCUT2D eigenvalue weighted by molar-refractivity contribution is 7.99. The fourth-order valence-corrected chi connectivity index (χ4v) is 3.39. The van der Waals surface area contributed by atoms with Crippen LogP contribution in [0.2, 0.25) is 5.02 Å². The molecule has 0 bridgehead atoms. The molecule has 0 heterocycles. The second-order valence-corrected chi connectivity index (χ2v) is 7.82. The first-order valence-electron chi connectivity index (χ1n) is 5.77. The number of aliphatic hydroxyl groups is 1. The number of halogens is 1. The summed E-state index contributed by atoms with van der Waals surface area (Å²) in [4.78, 5) is 2.08. The van der Waals surface area contributed by atoms with Crippen LogP contribution in [0, 0.1) is 0 Å². The van der Waals surface area contributed by atoms with Crippen molar-refractivity contribution in [2.75, 3.05) is 6.26 Å². The third-order valence-electron chi connectivity index (χ3n) is 2.67. The van der Waals surface area contributed by atoms with E-state index in [1.165, 1.54) is 18.0 Å². The van der Waals surface area contributed by atoms with Crippen molar-refractivity contribution in [1.82, 2.24) is 0 Å².